The Kier molecular flexibility index (Phi) is 7.16. The van der Waals surface area contributed by atoms with E-state index in [1.165, 1.54) is 6.34 Å². The minimum Gasteiger partial charge on any atom is -0.381 e. The van der Waals surface area contributed by atoms with Crippen LogP contribution in [0.3, 0.4) is 0 Å². The van der Waals surface area contributed by atoms with Gasteiger partial charge in [-0.1, -0.05) is 0 Å². The van der Waals surface area contributed by atoms with E-state index in [1.54, 1.807) is 49.5 Å². The fourth-order valence-electron chi connectivity index (χ4n) is 4.37. The van der Waals surface area contributed by atoms with Crippen molar-refractivity contribution in [2.75, 3.05) is 44.5 Å². The lowest BCUT2D eigenvalue weighted by molar-refractivity contribution is -0.117. The van der Waals surface area contributed by atoms with E-state index in [9.17, 15) is 9.59 Å². The highest BCUT2D eigenvalue weighted by molar-refractivity contribution is 6.01. The standard InChI is InChI=1S/C24H31N7O3/c1-15-9-19(24(33)28-14-30(2)3)25-10-18(15)20-11-26-22-23(29-20)31(21(32)12-27-22)13-16-5-7-17(34-4)8-6-16/h9-11,14,16-17H,5-8,12-13H2,1-4H3,(H,26,27)/b28-14-/t16-,17-. The molecule has 10 nitrogen and oxygen atoms in total. The number of hydrogen-bond acceptors (Lipinski definition) is 7. The maximum absolute atomic E-state index is 12.8. The van der Waals surface area contributed by atoms with Gasteiger partial charge in [-0.2, -0.15) is 4.99 Å². The number of fused-ring (bicyclic) bond motifs is 1. The number of methoxy groups -OCH3 is 1. The van der Waals surface area contributed by atoms with Crippen molar-refractivity contribution in [2.45, 2.75) is 38.7 Å². The average Bonchev–Trinajstić information content (AvgIpc) is 2.84. The van der Waals surface area contributed by atoms with Crippen molar-refractivity contribution in [3.63, 3.8) is 0 Å². The molecule has 0 spiro atoms. The van der Waals surface area contributed by atoms with Crippen LogP contribution in [0.25, 0.3) is 11.3 Å². The lowest BCUT2D eigenvalue weighted by atomic mass is 9.87. The third-order valence-electron chi connectivity index (χ3n) is 6.30. The van der Waals surface area contributed by atoms with E-state index >= 15 is 0 Å². The molecule has 34 heavy (non-hydrogen) atoms. The summed E-state index contributed by atoms with van der Waals surface area (Å²) in [5.41, 5.74) is 2.44. The van der Waals surface area contributed by atoms with E-state index in [-0.39, 0.29) is 18.1 Å². The van der Waals surface area contributed by atoms with Crippen molar-refractivity contribution in [2.24, 2.45) is 10.9 Å². The highest BCUT2D eigenvalue weighted by atomic mass is 16.5. The lowest BCUT2D eigenvalue weighted by Crippen LogP contribution is -2.44. The zero-order valence-corrected chi connectivity index (χ0v) is 20.1. The fourth-order valence-corrected chi connectivity index (χ4v) is 4.37. The van der Waals surface area contributed by atoms with Crippen LogP contribution in [0.5, 0.6) is 0 Å². The van der Waals surface area contributed by atoms with Crippen molar-refractivity contribution in [1.82, 2.24) is 19.9 Å². The van der Waals surface area contributed by atoms with Gasteiger partial charge in [0.05, 0.1) is 30.9 Å². The highest BCUT2D eigenvalue weighted by Crippen LogP contribution is 2.33. The number of aliphatic imine (C=N–C) groups is 1. The largest absolute Gasteiger partial charge is 0.381 e. The first-order valence-electron chi connectivity index (χ1n) is 11.5. The second-order valence-corrected chi connectivity index (χ2v) is 9.06. The van der Waals surface area contributed by atoms with Crippen LogP contribution in [0, 0.1) is 12.8 Å². The molecule has 1 N–H and O–H groups in total. The normalized spacial score (nSPS) is 20.2. The van der Waals surface area contributed by atoms with Gasteiger partial charge in [0, 0.05) is 39.5 Å². The summed E-state index contributed by atoms with van der Waals surface area (Å²) < 4.78 is 5.48. The Balaban J connectivity index is 1.57. The minimum atomic E-state index is -0.413. The first kappa shape index (κ1) is 23.7. The quantitative estimate of drug-likeness (QED) is 0.512. The maximum Gasteiger partial charge on any atom is 0.296 e. The summed E-state index contributed by atoms with van der Waals surface area (Å²) in [4.78, 5) is 46.0. The Labute approximate surface area is 199 Å². The van der Waals surface area contributed by atoms with E-state index in [1.807, 2.05) is 6.92 Å². The number of amides is 2. The van der Waals surface area contributed by atoms with Gasteiger partial charge in [-0.25, -0.2) is 9.97 Å². The van der Waals surface area contributed by atoms with Gasteiger partial charge in [0.25, 0.3) is 5.91 Å². The van der Waals surface area contributed by atoms with E-state index in [0.717, 1.165) is 36.8 Å². The number of rotatable bonds is 6. The number of nitrogens with one attached hydrogen (secondary N) is 1. The number of pyridine rings is 1. The van der Waals surface area contributed by atoms with Gasteiger partial charge in [-0.05, 0) is 50.2 Å². The molecule has 0 aromatic carbocycles. The van der Waals surface area contributed by atoms with Crippen LogP contribution in [-0.2, 0) is 9.53 Å². The Bertz CT molecular complexity index is 1090. The predicted molar refractivity (Wildman–Crippen MR) is 130 cm³/mol. The summed E-state index contributed by atoms with van der Waals surface area (Å²) in [6, 6.07) is 1.70. The van der Waals surface area contributed by atoms with Crippen molar-refractivity contribution in [1.29, 1.82) is 0 Å². The number of carbonyl (C=O) groups excluding carboxylic acids is 2. The van der Waals surface area contributed by atoms with E-state index in [4.69, 9.17) is 9.72 Å². The number of aromatic nitrogens is 3. The summed E-state index contributed by atoms with van der Waals surface area (Å²) >= 11 is 0. The van der Waals surface area contributed by atoms with Crippen LogP contribution >= 0.6 is 0 Å². The Morgan fingerprint density at radius 2 is 2.03 bits per heavy atom. The second-order valence-electron chi connectivity index (χ2n) is 9.06. The van der Waals surface area contributed by atoms with Crippen molar-refractivity contribution in [3.05, 3.63) is 29.7 Å². The number of carbonyl (C=O) groups is 2. The smallest absolute Gasteiger partial charge is 0.296 e. The van der Waals surface area contributed by atoms with Crippen LogP contribution in [0.15, 0.2) is 23.5 Å². The first-order chi connectivity index (χ1) is 16.4. The molecule has 0 unspecified atom stereocenters. The minimum absolute atomic E-state index is 0.0117. The summed E-state index contributed by atoms with van der Waals surface area (Å²) in [5.74, 6) is 1.12. The van der Waals surface area contributed by atoms with Gasteiger partial charge in [0.15, 0.2) is 11.6 Å². The second kappa shape index (κ2) is 10.3. The Morgan fingerprint density at radius 3 is 2.71 bits per heavy atom. The zero-order valence-electron chi connectivity index (χ0n) is 20.1. The summed E-state index contributed by atoms with van der Waals surface area (Å²) in [6.07, 6.45) is 9.09. The molecule has 3 heterocycles. The van der Waals surface area contributed by atoms with E-state index in [0.29, 0.717) is 35.9 Å². The fraction of sp³-hybridized carbons (Fsp3) is 0.500. The summed E-state index contributed by atoms with van der Waals surface area (Å²) in [6.45, 7) is 2.72. The number of anilines is 2. The van der Waals surface area contributed by atoms with Crippen LogP contribution < -0.4 is 10.2 Å². The van der Waals surface area contributed by atoms with Crippen molar-refractivity contribution < 1.29 is 14.3 Å². The van der Waals surface area contributed by atoms with Crippen molar-refractivity contribution in [3.8, 4) is 11.3 Å². The lowest BCUT2D eigenvalue weighted by Gasteiger charge is -2.34. The zero-order chi connectivity index (χ0) is 24.2. The molecule has 1 aliphatic carbocycles. The molecule has 4 rings (SSSR count). The monoisotopic (exact) mass is 465 g/mol. The molecule has 0 saturated heterocycles. The first-order valence-corrected chi connectivity index (χ1v) is 11.5. The molecule has 2 aliphatic rings. The molecule has 1 aliphatic heterocycles. The Hall–Kier alpha value is -3.40. The SMILES string of the molecule is CO[C@H]1CC[C@H](CN2C(=O)CNc3ncc(-c4cnc(C(=O)/N=C\N(C)C)cc4C)nc32)CC1. The van der Waals surface area contributed by atoms with Crippen molar-refractivity contribution >= 4 is 29.8 Å². The molecule has 2 aromatic heterocycles. The molecule has 0 radical (unpaired) electrons. The molecule has 10 heteroatoms. The number of ether oxygens (including phenoxy) is 1. The molecular formula is C24H31N7O3. The van der Waals surface area contributed by atoms with Crippen LogP contribution in [0.1, 0.15) is 41.7 Å². The third-order valence-corrected chi connectivity index (χ3v) is 6.30. The van der Waals surface area contributed by atoms with Gasteiger partial charge < -0.3 is 15.0 Å². The average molecular weight is 466 g/mol. The third kappa shape index (κ3) is 5.22. The summed E-state index contributed by atoms with van der Waals surface area (Å²) in [5, 5.41) is 3.07. The molecule has 0 bridgehead atoms. The van der Waals surface area contributed by atoms with Gasteiger partial charge in [0.2, 0.25) is 5.91 Å². The van der Waals surface area contributed by atoms with Crippen LogP contribution in [-0.4, -0.2) is 78.4 Å². The number of hydrogen-bond donors (Lipinski definition) is 1. The molecule has 1 saturated carbocycles. The topological polar surface area (TPSA) is 113 Å². The highest BCUT2D eigenvalue weighted by Gasteiger charge is 2.31. The molecule has 2 amide bonds. The van der Waals surface area contributed by atoms with Gasteiger partial charge in [0.1, 0.15) is 5.69 Å². The maximum atomic E-state index is 12.8. The molecule has 1 fully saturated rings. The molecule has 2 aromatic rings. The van der Waals surface area contributed by atoms with E-state index in [2.05, 4.69) is 20.3 Å². The number of nitrogens with zero attached hydrogens (tertiary/aromatic N) is 6. The molecule has 0 atom stereocenters. The van der Waals surface area contributed by atoms with Gasteiger partial charge in [-0.15, -0.1) is 0 Å². The predicted octanol–water partition coefficient (Wildman–Crippen LogP) is 2.54. The van der Waals surface area contributed by atoms with E-state index < -0.39 is 5.91 Å². The number of aryl methyl sites for hydroxylation is 1. The summed E-state index contributed by atoms with van der Waals surface area (Å²) in [7, 11) is 5.34. The molecular weight excluding hydrogens is 434 g/mol. The molecule has 180 valence electrons. The van der Waals surface area contributed by atoms with Gasteiger partial charge >= 0.3 is 0 Å². The Morgan fingerprint density at radius 1 is 1.26 bits per heavy atom. The van der Waals surface area contributed by atoms with Crippen LogP contribution in [0.2, 0.25) is 0 Å². The van der Waals surface area contributed by atoms with Gasteiger partial charge in [-0.3, -0.25) is 19.5 Å². The van der Waals surface area contributed by atoms with Crippen LogP contribution in [0.4, 0.5) is 11.6 Å².